The molecule has 3 aromatic rings. The molecule has 1 atom stereocenters. The van der Waals surface area contributed by atoms with E-state index in [0.717, 1.165) is 15.9 Å². The molecule has 2 aromatic carbocycles. The molecule has 1 N–H and O–H groups in total. The van der Waals surface area contributed by atoms with Crippen LogP contribution in [-0.2, 0) is 18.9 Å². The number of hydrogen-bond donors (Lipinski definition) is 1. The summed E-state index contributed by atoms with van der Waals surface area (Å²) in [6, 6.07) is 13.6. The second kappa shape index (κ2) is 6.80. The molecule has 1 heterocycles. The van der Waals surface area contributed by atoms with Crippen LogP contribution in [0.15, 0.2) is 52.2 Å². The fourth-order valence-corrected chi connectivity index (χ4v) is 3.57. The van der Waals surface area contributed by atoms with E-state index < -0.39 is 0 Å². The number of fused-ring (bicyclic) bond motifs is 1. The number of aryl methyl sites for hydroxylation is 3. The molecule has 0 saturated heterocycles. The Bertz CT molecular complexity index is 986. The monoisotopic (exact) mass is 355 g/mol. The van der Waals surface area contributed by atoms with Gasteiger partial charge in [0.1, 0.15) is 0 Å². The van der Waals surface area contributed by atoms with Gasteiger partial charge in [-0.05, 0) is 44.2 Å². The zero-order chi connectivity index (χ0) is 18.1. The Hall–Kier alpha value is -2.47. The van der Waals surface area contributed by atoms with E-state index in [0.29, 0.717) is 5.69 Å². The zero-order valence-electron chi connectivity index (χ0n) is 14.7. The van der Waals surface area contributed by atoms with Crippen molar-refractivity contribution in [2.24, 2.45) is 14.1 Å². The number of hydrogen-bond acceptors (Lipinski definition) is 3. The first-order valence-electron chi connectivity index (χ1n) is 8.06. The van der Waals surface area contributed by atoms with Crippen LogP contribution in [0.3, 0.4) is 0 Å². The predicted octanol–water partition coefficient (Wildman–Crippen LogP) is 3.30. The molecule has 1 amide bonds. The van der Waals surface area contributed by atoms with Crippen LogP contribution in [0.2, 0.25) is 0 Å². The summed E-state index contributed by atoms with van der Waals surface area (Å²) >= 11 is 1.52. The summed E-state index contributed by atoms with van der Waals surface area (Å²) in [5.41, 5.74) is 3.44. The Kier molecular flexibility index (Phi) is 4.72. The second-order valence-corrected chi connectivity index (χ2v) is 7.58. The van der Waals surface area contributed by atoms with Gasteiger partial charge in [0.2, 0.25) is 5.91 Å². The van der Waals surface area contributed by atoms with Gasteiger partial charge in [-0.2, -0.15) is 0 Å². The van der Waals surface area contributed by atoms with E-state index in [4.69, 9.17) is 0 Å². The predicted molar refractivity (Wildman–Crippen MR) is 103 cm³/mol. The van der Waals surface area contributed by atoms with Crippen LogP contribution in [0, 0.1) is 6.92 Å². The molecule has 0 aliphatic rings. The molecule has 25 heavy (non-hydrogen) atoms. The number of amides is 1. The van der Waals surface area contributed by atoms with Crippen molar-refractivity contribution in [2.75, 3.05) is 5.32 Å². The number of rotatable bonds is 4. The highest BCUT2D eigenvalue weighted by Crippen LogP contribution is 2.25. The van der Waals surface area contributed by atoms with Gasteiger partial charge in [0.25, 0.3) is 0 Å². The minimum absolute atomic E-state index is 0.0640. The van der Waals surface area contributed by atoms with Crippen molar-refractivity contribution in [3.8, 4) is 0 Å². The fraction of sp³-hybridized carbons (Fsp3) is 0.263. The number of benzene rings is 2. The Morgan fingerprint density at radius 3 is 2.36 bits per heavy atom. The van der Waals surface area contributed by atoms with Crippen molar-refractivity contribution in [3.05, 3.63) is 58.5 Å². The maximum atomic E-state index is 12.5. The van der Waals surface area contributed by atoms with E-state index in [9.17, 15) is 9.59 Å². The molecule has 130 valence electrons. The second-order valence-electron chi connectivity index (χ2n) is 6.17. The number of anilines is 1. The maximum Gasteiger partial charge on any atom is 0.328 e. The molecule has 0 radical (unpaired) electrons. The Labute approximate surface area is 150 Å². The summed E-state index contributed by atoms with van der Waals surface area (Å²) in [5.74, 6) is -0.0640. The molecule has 3 rings (SSSR count). The number of nitrogens with one attached hydrogen (secondary N) is 1. The maximum absolute atomic E-state index is 12.5. The van der Waals surface area contributed by atoms with Crippen LogP contribution in [0.1, 0.15) is 12.5 Å². The Morgan fingerprint density at radius 1 is 1.04 bits per heavy atom. The lowest BCUT2D eigenvalue weighted by Gasteiger charge is -2.12. The third-order valence-electron chi connectivity index (χ3n) is 4.24. The third-order valence-corrected chi connectivity index (χ3v) is 5.35. The van der Waals surface area contributed by atoms with Crippen molar-refractivity contribution >= 4 is 34.4 Å². The molecule has 0 spiro atoms. The van der Waals surface area contributed by atoms with Gasteiger partial charge in [0.05, 0.1) is 16.3 Å². The van der Waals surface area contributed by atoms with Crippen LogP contribution >= 0.6 is 11.8 Å². The molecule has 0 unspecified atom stereocenters. The summed E-state index contributed by atoms with van der Waals surface area (Å²) in [5, 5.41) is 2.71. The average Bonchev–Trinajstić information content (AvgIpc) is 2.81. The lowest BCUT2D eigenvalue weighted by Crippen LogP contribution is -2.22. The lowest BCUT2D eigenvalue weighted by atomic mass is 10.2. The van der Waals surface area contributed by atoms with E-state index in [1.54, 1.807) is 23.2 Å². The van der Waals surface area contributed by atoms with E-state index in [-0.39, 0.29) is 16.8 Å². The highest BCUT2D eigenvalue weighted by molar-refractivity contribution is 8.00. The highest BCUT2D eigenvalue weighted by Gasteiger charge is 2.15. The quantitative estimate of drug-likeness (QED) is 0.731. The van der Waals surface area contributed by atoms with Crippen molar-refractivity contribution in [3.63, 3.8) is 0 Å². The smallest absolute Gasteiger partial charge is 0.325 e. The van der Waals surface area contributed by atoms with Gasteiger partial charge in [-0.25, -0.2) is 4.79 Å². The number of imidazole rings is 1. The van der Waals surface area contributed by atoms with Crippen molar-refractivity contribution in [2.45, 2.75) is 24.0 Å². The molecule has 5 nitrogen and oxygen atoms in total. The van der Waals surface area contributed by atoms with E-state index in [1.807, 2.05) is 56.3 Å². The van der Waals surface area contributed by atoms with Gasteiger partial charge in [0.15, 0.2) is 0 Å². The normalized spacial score (nSPS) is 12.3. The topological polar surface area (TPSA) is 56.0 Å². The first-order chi connectivity index (χ1) is 11.9. The summed E-state index contributed by atoms with van der Waals surface area (Å²) in [4.78, 5) is 25.5. The Balaban J connectivity index is 1.76. The number of carbonyl (C=O) groups is 1. The summed E-state index contributed by atoms with van der Waals surface area (Å²) in [6.07, 6.45) is 0. The SMILES string of the molecule is Cc1ccc(S[C@H](C)C(=O)Nc2ccc3c(c2)n(C)c(=O)n3C)cc1. The lowest BCUT2D eigenvalue weighted by molar-refractivity contribution is -0.115. The minimum atomic E-state index is -0.224. The van der Waals surface area contributed by atoms with Gasteiger partial charge >= 0.3 is 5.69 Å². The van der Waals surface area contributed by atoms with Crippen molar-refractivity contribution < 1.29 is 4.79 Å². The molecule has 0 fully saturated rings. The van der Waals surface area contributed by atoms with E-state index >= 15 is 0 Å². The van der Waals surface area contributed by atoms with Crippen LogP contribution in [-0.4, -0.2) is 20.3 Å². The number of thioether (sulfide) groups is 1. The summed E-state index contributed by atoms with van der Waals surface area (Å²) in [6.45, 7) is 3.92. The standard InChI is InChI=1S/C19H21N3O2S/c1-12-5-8-15(9-6-12)25-13(2)18(23)20-14-7-10-16-17(11-14)22(4)19(24)21(16)3/h5-11,13H,1-4H3,(H,20,23)/t13-/m1/s1. The van der Waals surface area contributed by atoms with E-state index in [2.05, 4.69) is 5.32 Å². The highest BCUT2D eigenvalue weighted by atomic mass is 32.2. The van der Waals surface area contributed by atoms with Gasteiger partial charge in [-0.3, -0.25) is 13.9 Å². The molecule has 6 heteroatoms. The van der Waals surface area contributed by atoms with Gasteiger partial charge in [-0.1, -0.05) is 17.7 Å². The molecular weight excluding hydrogens is 334 g/mol. The number of aromatic nitrogens is 2. The third kappa shape index (κ3) is 3.49. The summed E-state index contributed by atoms with van der Waals surface area (Å²) in [7, 11) is 3.47. The minimum Gasteiger partial charge on any atom is -0.325 e. The average molecular weight is 355 g/mol. The molecule has 1 aromatic heterocycles. The van der Waals surface area contributed by atoms with Gasteiger partial charge < -0.3 is 5.32 Å². The number of carbonyl (C=O) groups excluding carboxylic acids is 1. The molecular formula is C19H21N3O2S. The first kappa shape index (κ1) is 17.4. The van der Waals surface area contributed by atoms with Crippen LogP contribution in [0.4, 0.5) is 5.69 Å². The van der Waals surface area contributed by atoms with Gasteiger partial charge in [-0.15, -0.1) is 11.8 Å². The molecule has 0 aliphatic heterocycles. The van der Waals surface area contributed by atoms with E-state index in [1.165, 1.54) is 17.3 Å². The Morgan fingerprint density at radius 2 is 1.68 bits per heavy atom. The van der Waals surface area contributed by atoms with Crippen LogP contribution < -0.4 is 11.0 Å². The van der Waals surface area contributed by atoms with Gasteiger partial charge in [0, 0.05) is 24.7 Å². The summed E-state index contributed by atoms with van der Waals surface area (Å²) < 4.78 is 3.17. The van der Waals surface area contributed by atoms with Crippen LogP contribution in [0.5, 0.6) is 0 Å². The van der Waals surface area contributed by atoms with Crippen molar-refractivity contribution in [1.82, 2.24) is 9.13 Å². The zero-order valence-corrected chi connectivity index (χ0v) is 15.6. The molecule has 0 aliphatic carbocycles. The number of nitrogens with zero attached hydrogens (tertiary/aromatic N) is 2. The largest absolute Gasteiger partial charge is 0.328 e. The fourth-order valence-electron chi connectivity index (χ4n) is 2.70. The van der Waals surface area contributed by atoms with Crippen molar-refractivity contribution in [1.29, 1.82) is 0 Å². The first-order valence-corrected chi connectivity index (χ1v) is 8.94. The molecule has 0 saturated carbocycles. The van der Waals surface area contributed by atoms with Crippen LogP contribution in [0.25, 0.3) is 11.0 Å². The molecule has 0 bridgehead atoms.